The Morgan fingerprint density at radius 3 is 2.89 bits per heavy atom. The van der Waals surface area contributed by atoms with Crippen molar-refractivity contribution in [2.75, 3.05) is 7.11 Å². The number of fused-ring (bicyclic) bond motifs is 1. The van der Waals surface area contributed by atoms with Crippen molar-refractivity contribution in [3.8, 4) is 5.75 Å². The van der Waals surface area contributed by atoms with Gasteiger partial charge in [-0.1, -0.05) is 35.5 Å². The number of hydrogen-bond donors (Lipinski definition) is 1. The molecule has 0 saturated carbocycles. The van der Waals surface area contributed by atoms with E-state index in [0.29, 0.717) is 31.0 Å². The summed E-state index contributed by atoms with van der Waals surface area (Å²) in [6.07, 6.45) is 0.614. The standard InChI is InChI=1S/C20H19N3O4/c1-25-17-8-4-2-6-13(17)12-21-20(24)16-10-14(27-23-16)11-19-22-15-7-3-5-9-18(15)26-19/h2-9,14H,10-12H2,1H3,(H,21,24). The first-order chi connectivity index (χ1) is 13.2. The molecule has 0 radical (unpaired) electrons. The second kappa shape index (κ2) is 7.49. The molecule has 2 heterocycles. The summed E-state index contributed by atoms with van der Waals surface area (Å²) in [5.74, 6) is 1.06. The minimum Gasteiger partial charge on any atom is -0.496 e. The summed E-state index contributed by atoms with van der Waals surface area (Å²) in [5, 5.41) is 6.78. The van der Waals surface area contributed by atoms with E-state index in [1.54, 1.807) is 7.11 Å². The second-order valence-corrected chi connectivity index (χ2v) is 6.24. The molecule has 1 unspecified atom stereocenters. The Hall–Kier alpha value is -3.35. The number of ether oxygens (including phenoxy) is 1. The zero-order valence-corrected chi connectivity index (χ0v) is 14.8. The van der Waals surface area contributed by atoms with Crippen LogP contribution in [0.15, 0.2) is 58.1 Å². The molecule has 3 aromatic rings. The third-order valence-corrected chi connectivity index (χ3v) is 4.37. The number of carbonyl (C=O) groups excluding carboxylic acids is 1. The molecule has 27 heavy (non-hydrogen) atoms. The smallest absolute Gasteiger partial charge is 0.269 e. The van der Waals surface area contributed by atoms with Gasteiger partial charge in [-0.15, -0.1) is 0 Å². The van der Waals surface area contributed by atoms with Crippen LogP contribution in [-0.4, -0.2) is 29.8 Å². The number of methoxy groups -OCH3 is 1. The largest absolute Gasteiger partial charge is 0.496 e. The summed E-state index contributed by atoms with van der Waals surface area (Å²) in [5.41, 5.74) is 2.81. The summed E-state index contributed by atoms with van der Waals surface area (Å²) in [6, 6.07) is 15.1. The molecule has 7 nitrogen and oxygen atoms in total. The Balaban J connectivity index is 1.32. The predicted molar refractivity (Wildman–Crippen MR) is 99.5 cm³/mol. The van der Waals surface area contributed by atoms with E-state index in [4.69, 9.17) is 14.0 Å². The van der Waals surface area contributed by atoms with Gasteiger partial charge in [-0.2, -0.15) is 0 Å². The number of para-hydroxylation sites is 3. The number of benzene rings is 2. The lowest BCUT2D eigenvalue weighted by Crippen LogP contribution is -2.30. The number of aromatic nitrogens is 1. The second-order valence-electron chi connectivity index (χ2n) is 6.24. The molecule has 0 saturated heterocycles. The molecular weight excluding hydrogens is 346 g/mol. The molecule has 0 fully saturated rings. The van der Waals surface area contributed by atoms with Gasteiger partial charge >= 0.3 is 0 Å². The zero-order valence-electron chi connectivity index (χ0n) is 14.8. The van der Waals surface area contributed by atoms with Crippen molar-refractivity contribution >= 4 is 22.7 Å². The van der Waals surface area contributed by atoms with Crippen LogP contribution in [0.4, 0.5) is 0 Å². The van der Waals surface area contributed by atoms with Crippen LogP contribution in [0.2, 0.25) is 0 Å². The number of oxime groups is 1. The predicted octanol–water partition coefficient (Wildman–Crippen LogP) is 2.84. The molecule has 1 aliphatic rings. The van der Waals surface area contributed by atoms with Gasteiger partial charge in [0.05, 0.1) is 13.5 Å². The van der Waals surface area contributed by atoms with Crippen LogP contribution in [0, 0.1) is 0 Å². The van der Waals surface area contributed by atoms with E-state index >= 15 is 0 Å². The first-order valence-corrected chi connectivity index (χ1v) is 8.70. The molecule has 4 rings (SSSR count). The van der Waals surface area contributed by atoms with Gasteiger partial charge in [-0.3, -0.25) is 4.79 Å². The van der Waals surface area contributed by atoms with Gasteiger partial charge in [-0.05, 0) is 18.2 Å². The Bertz CT molecular complexity index is 963. The number of oxazole rings is 1. The molecule has 0 bridgehead atoms. The number of hydrogen-bond acceptors (Lipinski definition) is 6. The van der Waals surface area contributed by atoms with Crippen LogP contribution < -0.4 is 10.1 Å². The Morgan fingerprint density at radius 2 is 2.04 bits per heavy atom. The molecule has 2 aromatic carbocycles. The van der Waals surface area contributed by atoms with E-state index in [2.05, 4.69) is 15.5 Å². The lowest BCUT2D eigenvalue weighted by Gasteiger charge is -2.09. The summed E-state index contributed by atoms with van der Waals surface area (Å²) >= 11 is 0. The first kappa shape index (κ1) is 17.1. The molecule has 7 heteroatoms. The van der Waals surface area contributed by atoms with Gasteiger partial charge in [-0.25, -0.2) is 4.98 Å². The highest BCUT2D eigenvalue weighted by molar-refractivity contribution is 6.39. The van der Waals surface area contributed by atoms with Crippen molar-refractivity contribution in [1.29, 1.82) is 0 Å². The van der Waals surface area contributed by atoms with E-state index in [0.717, 1.165) is 22.4 Å². The highest BCUT2D eigenvalue weighted by Gasteiger charge is 2.27. The van der Waals surface area contributed by atoms with Crippen LogP contribution in [0.3, 0.4) is 0 Å². The lowest BCUT2D eigenvalue weighted by molar-refractivity contribution is -0.115. The average molecular weight is 365 g/mol. The van der Waals surface area contributed by atoms with Crippen molar-refractivity contribution in [1.82, 2.24) is 10.3 Å². The quantitative estimate of drug-likeness (QED) is 0.726. The van der Waals surface area contributed by atoms with E-state index in [1.807, 2.05) is 48.5 Å². The van der Waals surface area contributed by atoms with Gasteiger partial charge in [0.2, 0.25) is 0 Å². The van der Waals surface area contributed by atoms with Gasteiger partial charge in [0.25, 0.3) is 5.91 Å². The van der Waals surface area contributed by atoms with Gasteiger partial charge < -0.3 is 19.3 Å². The molecule has 1 aliphatic heterocycles. The van der Waals surface area contributed by atoms with Gasteiger partial charge in [0.1, 0.15) is 23.1 Å². The van der Waals surface area contributed by atoms with Crippen molar-refractivity contribution in [2.24, 2.45) is 5.16 Å². The van der Waals surface area contributed by atoms with Crippen molar-refractivity contribution in [2.45, 2.75) is 25.5 Å². The third kappa shape index (κ3) is 3.76. The van der Waals surface area contributed by atoms with Crippen LogP contribution in [0.25, 0.3) is 11.1 Å². The van der Waals surface area contributed by atoms with Crippen molar-refractivity contribution < 1.29 is 18.8 Å². The fraction of sp³-hybridized carbons (Fsp3) is 0.250. The van der Waals surface area contributed by atoms with E-state index in [9.17, 15) is 4.79 Å². The number of nitrogens with one attached hydrogen (secondary N) is 1. The molecule has 1 N–H and O–H groups in total. The Kier molecular flexibility index (Phi) is 4.74. The highest BCUT2D eigenvalue weighted by atomic mass is 16.6. The first-order valence-electron chi connectivity index (χ1n) is 8.70. The minimum atomic E-state index is -0.259. The number of nitrogens with zero attached hydrogens (tertiary/aromatic N) is 2. The van der Waals surface area contributed by atoms with Crippen LogP contribution in [0.5, 0.6) is 5.75 Å². The van der Waals surface area contributed by atoms with Crippen LogP contribution >= 0.6 is 0 Å². The van der Waals surface area contributed by atoms with E-state index in [-0.39, 0.29) is 12.0 Å². The molecule has 0 spiro atoms. The number of carbonyl (C=O) groups is 1. The van der Waals surface area contributed by atoms with Crippen LogP contribution in [0.1, 0.15) is 17.9 Å². The maximum Gasteiger partial charge on any atom is 0.269 e. The molecule has 1 aromatic heterocycles. The molecule has 138 valence electrons. The fourth-order valence-electron chi connectivity index (χ4n) is 3.00. The molecule has 1 amide bonds. The van der Waals surface area contributed by atoms with Crippen molar-refractivity contribution in [3.05, 3.63) is 60.0 Å². The topological polar surface area (TPSA) is 86.0 Å². The minimum absolute atomic E-state index is 0.249. The van der Waals surface area contributed by atoms with Crippen molar-refractivity contribution in [3.63, 3.8) is 0 Å². The summed E-state index contributed by atoms with van der Waals surface area (Å²) < 4.78 is 11.0. The summed E-state index contributed by atoms with van der Waals surface area (Å²) in [4.78, 5) is 22.2. The molecular formula is C20H19N3O4. The van der Waals surface area contributed by atoms with E-state index < -0.39 is 0 Å². The fourth-order valence-corrected chi connectivity index (χ4v) is 3.00. The maximum atomic E-state index is 12.4. The number of rotatable bonds is 6. The number of amides is 1. The van der Waals surface area contributed by atoms with E-state index in [1.165, 1.54) is 0 Å². The Labute approximate surface area is 156 Å². The summed E-state index contributed by atoms with van der Waals surface area (Å²) in [7, 11) is 1.60. The highest BCUT2D eigenvalue weighted by Crippen LogP contribution is 2.20. The monoisotopic (exact) mass is 365 g/mol. The van der Waals surface area contributed by atoms with Gasteiger partial charge in [0, 0.05) is 18.5 Å². The zero-order chi connectivity index (χ0) is 18.6. The Morgan fingerprint density at radius 1 is 1.22 bits per heavy atom. The normalized spacial score (nSPS) is 16.0. The molecule has 0 aliphatic carbocycles. The molecule has 1 atom stereocenters. The average Bonchev–Trinajstić information content (AvgIpc) is 3.33. The SMILES string of the molecule is COc1ccccc1CNC(=O)C1=NOC(Cc2nc3ccccc3o2)C1. The van der Waals surface area contributed by atoms with Crippen LogP contribution in [-0.2, 0) is 22.6 Å². The third-order valence-electron chi connectivity index (χ3n) is 4.37. The lowest BCUT2D eigenvalue weighted by atomic mass is 10.1. The van der Waals surface area contributed by atoms with Gasteiger partial charge in [0.15, 0.2) is 11.5 Å². The summed E-state index contributed by atoms with van der Waals surface area (Å²) in [6.45, 7) is 0.359. The maximum absolute atomic E-state index is 12.4.